The predicted molar refractivity (Wildman–Crippen MR) is 82.0 cm³/mol. The molecular formula is C14H16N4O2S. The van der Waals surface area contributed by atoms with E-state index >= 15 is 0 Å². The van der Waals surface area contributed by atoms with Gasteiger partial charge >= 0.3 is 0 Å². The number of hydrogen-bond acceptors (Lipinski definition) is 5. The van der Waals surface area contributed by atoms with Gasteiger partial charge in [0, 0.05) is 18.1 Å². The molecule has 1 aliphatic rings. The molecule has 0 saturated carbocycles. The van der Waals surface area contributed by atoms with E-state index in [4.69, 9.17) is 11.5 Å². The summed E-state index contributed by atoms with van der Waals surface area (Å²) in [5.41, 5.74) is 12.9. The Hall–Kier alpha value is -2.15. The van der Waals surface area contributed by atoms with Gasteiger partial charge in [0.2, 0.25) is 5.91 Å². The standard InChI is InChI=1S/C14H16N4O2S/c1-7-4-5-17-13-9(7)10(15)11(21-13)14(20)18-6-2-3-8(18)12(16)19/h4-5,8H,2-3,6,15H2,1H3,(H2,16,19). The summed E-state index contributed by atoms with van der Waals surface area (Å²) in [5.74, 6) is -0.689. The van der Waals surface area contributed by atoms with E-state index in [1.54, 1.807) is 6.20 Å². The Morgan fingerprint density at radius 3 is 2.90 bits per heavy atom. The van der Waals surface area contributed by atoms with Crippen LogP contribution in [0.4, 0.5) is 5.69 Å². The fraction of sp³-hybridized carbons (Fsp3) is 0.357. The predicted octanol–water partition coefficient (Wildman–Crippen LogP) is 1.28. The third-order valence-corrected chi connectivity index (χ3v) is 4.98. The number of thiophene rings is 1. The van der Waals surface area contributed by atoms with Gasteiger partial charge in [0.25, 0.3) is 5.91 Å². The molecule has 3 heterocycles. The van der Waals surface area contributed by atoms with Crippen molar-refractivity contribution in [3.8, 4) is 0 Å². The summed E-state index contributed by atoms with van der Waals surface area (Å²) in [4.78, 5) is 31.1. The maximum atomic E-state index is 12.7. The van der Waals surface area contributed by atoms with Gasteiger partial charge in [0.05, 0.1) is 5.69 Å². The van der Waals surface area contributed by atoms with Crippen LogP contribution in [0, 0.1) is 6.92 Å². The lowest BCUT2D eigenvalue weighted by atomic mass is 10.1. The van der Waals surface area contributed by atoms with Gasteiger partial charge in [-0.15, -0.1) is 11.3 Å². The quantitative estimate of drug-likeness (QED) is 0.872. The molecule has 0 aromatic carbocycles. The number of nitrogen functional groups attached to an aromatic ring is 1. The molecule has 1 aliphatic heterocycles. The van der Waals surface area contributed by atoms with Crippen molar-refractivity contribution in [1.29, 1.82) is 0 Å². The largest absolute Gasteiger partial charge is 0.397 e. The highest BCUT2D eigenvalue weighted by Crippen LogP contribution is 2.36. The van der Waals surface area contributed by atoms with Crippen LogP contribution >= 0.6 is 11.3 Å². The Labute approximate surface area is 125 Å². The molecule has 0 aliphatic carbocycles. The van der Waals surface area contributed by atoms with E-state index in [-0.39, 0.29) is 5.91 Å². The summed E-state index contributed by atoms with van der Waals surface area (Å²) in [6.07, 6.45) is 3.09. The van der Waals surface area contributed by atoms with Gasteiger partial charge in [0.1, 0.15) is 15.7 Å². The van der Waals surface area contributed by atoms with Crippen LogP contribution in [0.5, 0.6) is 0 Å². The van der Waals surface area contributed by atoms with Crippen molar-refractivity contribution in [3.63, 3.8) is 0 Å². The first-order valence-electron chi connectivity index (χ1n) is 6.74. The van der Waals surface area contributed by atoms with E-state index in [1.165, 1.54) is 16.2 Å². The third-order valence-electron chi connectivity index (χ3n) is 3.87. The summed E-state index contributed by atoms with van der Waals surface area (Å²) in [6.45, 7) is 2.47. The summed E-state index contributed by atoms with van der Waals surface area (Å²) < 4.78 is 0. The molecule has 0 bridgehead atoms. The number of aromatic nitrogens is 1. The molecule has 1 saturated heterocycles. The number of nitrogens with zero attached hydrogens (tertiary/aromatic N) is 2. The van der Waals surface area contributed by atoms with Gasteiger partial charge in [-0.05, 0) is 31.4 Å². The van der Waals surface area contributed by atoms with Gasteiger partial charge < -0.3 is 16.4 Å². The highest BCUT2D eigenvalue weighted by atomic mass is 32.1. The van der Waals surface area contributed by atoms with Crippen molar-refractivity contribution in [2.45, 2.75) is 25.8 Å². The number of carbonyl (C=O) groups excluding carboxylic acids is 2. The van der Waals surface area contributed by atoms with Gasteiger partial charge in [-0.25, -0.2) is 4.98 Å². The average Bonchev–Trinajstić information content (AvgIpc) is 3.04. The minimum atomic E-state index is -0.531. The van der Waals surface area contributed by atoms with E-state index in [1.807, 2.05) is 13.0 Å². The molecule has 0 spiro atoms. The Morgan fingerprint density at radius 1 is 1.48 bits per heavy atom. The molecule has 2 amide bonds. The van der Waals surface area contributed by atoms with Crippen LogP contribution in [0.3, 0.4) is 0 Å². The van der Waals surface area contributed by atoms with Crippen LogP contribution in [0.25, 0.3) is 10.2 Å². The lowest BCUT2D eigenvalue weighted by Gasteiger charge is -2.21. The number of primary amides is 1. The zero-order valence-corrected chi connectivity index (χ0v) is 12.4. The van der Waals surface area contributed by atoms with Gasteiger partial charge in [-0.2, -0.15) is 0 Å². The number of fused-ring (bicyclic) bond motifs is 1. The highest BCUT2D eigenvalue weighted by Gasteiger charge is 2.35. The highest BCUT2D eigenvalue weighted by molar-refractivity contribution is 7.21. The molecule has 110 valence electrons. The molecule has 6 nitrogen and oxygen atoms in total. The average molecular weight is 304 g/mol. The SMILES string of the molecule is Cc1ccnc2sc(C(=O)N3CCCC3C(N)=O)c(N)c12. The van der Waals surface area contributed by atoms with Crippen LogP contribution in [-0.4, -0.2) is 34.3 Å². The van der Waals surface area contributed by atoms with Crippen LogP contribution in [0.2, 0.25) is 0 Å². The summed E-state index contributed by atoms with van der Waals surface area (Å²) in [6, 6.07) is 1.33. The number of aryl methyl sites for hydroxylation is 1. The minimum absolute atomic E-state index is 0.226. The normalized spacial score (nSPS) is 18.3. The second-order valence-electron chi connectivity index (χ2n) is 5.21. The van der Waals surface area contributed by atoms with Crippen LogP contribution < -0.4 is 11.5 Å². The molecule has 3 rings (SSSR count). The fourth-order valence-electron chi connectivity index (χ4n) is 2.80. The number of rotatable bonds is 2. The molecular weight excluding hydrogens is 288 g/mol. The lowest BCUT2D eigenvalue weighted by molar-refractivity contribution is -0.121. The molecule has 1 atom stereocenters. The number of hydrogen-bond donors (Lipinski definition) is 2. The number of amides is 2. The van der Waals surface area contributed by atoms with Gasteiger partial charge in [-0.3, -0.25) is 9.59 Å². The summed E-state index contributed by atoms with van der Waals surface area (Å²) >= 11 is 1.27. The Balaban J connectivity index is 2.04. The molecule has 21 heavy (non-hydrogen) atoms. The maximum absolute atomic E-state index is 12.7. The molecule has 2 aromatic rings. The first-order valence-corrected chi connectivity index (χ1v) is 7.56. The van der Waals surface area contributed by atoms with Crippen LogP contribution in [-0.2, 0) is 4.79 Å². The number of carbonyl (C=O) groups is 2. The van der Waals surface area contributed by atoms with Crippen molar-refractivity contribution in [2.24, 2.45) is 5.73 Å². The van der Waals surface area contributed by atoms with Crippen molar-refractivity contribution in [3.05, 3.63) is 22.7 Å². The fourth-order valence-corrected chi connectivity index (χ4v) is 3.89. The Morgan fingerprint density at radius 2 is 2.24 bits per heavy atom. The summed E-state index contributed by atoms with van der Waals surface area (Å²) in [7, 11) is 0. The molecule has 0 radical (unpaired) electrons. The van der Waals surface area contributed by atoms with Crippen LogP contribution in [0.1, 0.15) is 28.1 Å². The second kappa shape index (κ2) is 5.00. The van der Waals surface area contributed by atoms with Gasteiger partial charge in [0.15, 0.2) is 0 Å². The van der Waals surface area contributed by atoms with E-state index in [2.05, 4.69) is 4.98 Å². The van der Waals surface area contributed by atoms with Crippen molar-refractivity contribution >= 4 is 39.1 Å². The van der Waals surface area contributed by atoms with Gasteiger partial charge in [-0.1, -0.05) is 0 Å². The first-order chi connectivity index (χ1) is 10.0. The number of nitrogens with two attached hydrogens (primary N) is 2. The molecule has 4 N–H and O–H groups in total. The van der Waals surface area contributed by atoms with E-state index in [9.17, 15) is 9.59 Å². The second-order valence-corrected chi connectivity index (χ2v) is 6.21. The van der Waals surface area contributed by atoms with E-state index in [0.717, 1.165) is 22.2 Å². The van der Waals surface area contributed by atoms with Crippen molar-refractivity contribution in [2.75, 3.05) is 12.3 Å². The van der Waals surface area contributed by atoms with E-state index < -0.39 is 11.9 Å². The molecule has 7 heteroatoms. The smallest absolute Gasteiger partial charge is 0.266 e. The van der Waals surface area contributed by atoms with E-state index in [0.29, 0.717) is 23.5 Å². The molecule has 1 fully saturated rings. The number of likely N-dealkylation sites (tertiary alicyclic amines) is 1. The first kappa shape index (κ1) is 13.8. The number of anilines is 1. The third kappa shape index (κ3) is 2.13. The Bertz CT molecular complexity index is 740. The molecule has 1 unspecified atom stereocenters. The lowest BCUT2D eigenvalue weighted by Crippen LogP contribution is -2.43. The monoisotopic (exact) mass is 304 g/mol. The zero-order valence-electron chi connectivity index (χ0n) is 11.6. The van der Waals surface area contributed by atoms with Crippen molar-refractivity contribution < 1.29 is 9.59 Å². The number of pyridine rings is 1. The summed E-state index contributed by atoms with van der Waals surface area (Å²) in [5, 5.41) is 0.820. The Kier molecular flexibility index (Phi) is 3.29. The maximum Gasteiger partial charge on any atom is 0.266 e. The minimum Gasteiger partial charge on any atom is -0.397 e. The van der Waals surface area contributed by atoms with Crippen LogP contribution in [0.15, 0.2) is 12.3 Å². The van der Waals surface area contributed by atoms with Crippen molar-refractivity contribution in [1.82, 2.24) is 9.88 Å². The molecule has 2 aromatic heterocycles. The topological polar surface area (TPSA) is 102 Å². The zero-order chi connectivity index (χ0) is 15.1.